The van der Waals surface area contributed by atoms with Gasteiger partial charge in [0.25, 0.3) is 0 Å². The van der Waals surface area contributed by atoms with E-state index in [1.54, 1.807) is 0 Å². The SMILES string of the molecule is C=C/C=C(\C(=C/C)CC)[C@@H]1NOC(C2=CC[C@H](O)C=C2)=C1c1ccc(OC2CN(CCC)C2)cc1. The Hall–Kier alpha value is -2.86. The van der Waals surface area contributed by atoms with E-state index in [9.17, 15) is 5.11 Å². The first kappa shape index (κ1) is 25.2. The van der Waals surface area contributed by atoms with Crippen molar-refractivity contribution < 1.29 is 14.7 Å². The van der Waals surface area contributed by atoms with Gasteiger partial charge >= 0.3 is 0 Å². The molecule has 1 aromatic carbocycles. The van der Waals surface area contributed by atoms with Crippen molar-refractivity contribution in [2.45, 2.75) is 58.3 Å². The van der Waals surface area contributed by atoms with E-state index in [4.69, 9.17) is 9.57 Å². The third-order valence-corrected chi connectivity index (χ3v) is 6.79. The van der Waals surface area contributed by atoms with E-state index < -0.39 is 6.10 Å². The molecule has 0 unspecified atom stereocenters. The number of hydrogen-bond donors (Lipinski definition) is 2. The van der Waals surface area contributed by atoms with Gasteiger partial charge in [-0.1, -0.05) is 69.0 Å². The minimum absolute atomic E-state index is 0.142. The molecular formula is C30H38N2O3. The standard InChI is InChI=1S/C30H38N2O3/c1-5-9-27(21(7-3)8-4)29-28(30(35-31-29)23-10-14-24(33)15-11-23)22-12-16-25(17-13-22)34-26-19-32(20-26)18-6-2/h5,7,9-14,16-17,24,26,29,31,33H,1,6,8,15,18-20H2,2-4H3/b21-7-,27-9+/t24-,29+/m1/s1. The second-order valence-corrected chi connectivity index (χ2v) is 9.27. The molecule has 0 bridgehead atoms. The Morgan fingerprint density at radius 1 is 1.26 bits per heavy atom. The maximum atomic E-state index is 9.92. The zero-order valence-electron chi connectivity index (χ0n) is 21.2. The van der Waals surface area contributed by atoms with Crippen LogP contribution in [0.4, 0.5) is 0 Å². The minimum Gasteiger partial charge on any atom is -0.488 e. The van der Waals surface area contributed by atoms with Gasteiger partial charge in [-0.15, -0.1) is 5.48 Å². The third kappa shape index (κ3) is 5.69. The van der Waals surface area contributed by atoms with Gasteiger partial charge < -0.3 is 14.7 Å². The number of nitrogens with one attached hydrogen (secondary N) is 1. The van der Waals surface area contributed by atoms with Gasteiger partial charge in [-0.3, -0.25) is 4.90 Å². The number of likely N-dealkylation sites (tertiary alicyclic amines) is 1. The topological polar surface area (TPSA) is 54.0 Å². The molecule has 3 aliphatic rings. The van der Waals surface area contributed by atoms with Gasteiger partial charge in [0.05, 0.1) is 12.1 Å². The zero-order valence-corrected chi connectivity index (χ0v) is 21.2. The van der Waals surface area contributed by atoms with Crippen LogP contribution in [0.2, 0.25) is 0 Å². The van der Waals surface area contributed by atoms with Crippen LogP contribution in [0.5, 0.6) is 5.75 Å². The Morgan fingerprint density at radius 3 is 2.63 bits per heavy atom. The second-order valence-electron chi connectivity index (χ2n) is 9.27. The fourth-order valence-electron chi connectivity index (χ4n) is 4.96. The normalized spacial score (nSPS) is 23.7. The maximum Gasteiger partial charge on any atom is 0.159 e. The average molecular weight is 475 g/mol. The molecule has 186 valence electrons. The number of aliphatic hydroxyl groups excluding tert-OH is 1. The number of aliphatic hydroxyl groups is 1. The van der Waals surface area contributed by atoms with Gasteiger partial charge in [0.2, 0.25) is 0 Å². The Balaban J connectivity index is 1.65. The molecule has 2 N–H and O–H groups in total. The lowest BCUT2D eigenvalue weighted by atomic mass is 9.86. The lowest BCUT2D eigenvalue weighted by Gasteiger charge is -2.38. The molecule has 2 aliphatic heterocycles. The van der Waals surface area contributed by atoms with E-state index in [1.807, 2.05) is 24.3 Å². The highest BCUT2D eigenvalue weighted by Crippen LogP contribution is 2.39. The van der Waals surface area contributed by atoms with Crippen molar-refractivity contribution in [3.8, 4) is 5.75 Å². The summed E-state index contributed by atoms with van der Waals surface area (Å²) in [6.45, 7) is 13.5. The number of allylic oxidation sites excluding steroid dienone is 4. The first-order valence-electron chi connectivity index (χ1n) is 12.8. The Bertz CT molecular complexity index is 1060. The first-order valence-corrected chi connectivity index (χ1v) is 12.8. The number of hydroxylamine groups is 1. The molecule has 0 radical (unpaired) electrons. The van der Waals surface area contributed by atoms with Crippen LogP contribution in [0, 0.1) is 0 Å². The van der Waals surface area contributed by atoms with Gasteiger partial charge in [0.15, 0.2) is 5.76 Å². The van der Waals surface area contributed by atoms with E-state index in [1.165, 1.54) is 12.0 Å². The molecule has 35 heavy (non-hydrogen) atoms. The molecule has 2 atom stereocenters. The van der Waals surface area contributed by atoms with E-state index in [-0.39, 0.29) is 12.1 Å². The average Bonchev–Trinajstić information content (AvgIpc) is 3.28. The van der Waals surface area contributed by atoms with Gasteiger partial charge in [-0.25, -0.2) is 0 Å². The van der Waals surface area contributed by atoms with E-state index in [0.29, 0.717) is 6.42 Å². The lowest BCUT2D eigenvalue weighted by Crippen LogP contribution is -2.53. The van der Waals surface area contributed by atoms with E-state index in [0.717, 1.165) is 59.8 Å². The molecular weight excluding hydrogens is 436 g/mol. The summed E-state index contributed by atoms with van der Waals surface area (Å²) in [7, 11) is 0. The summed E-state index contributed by atoms with van der Waals surface area (Å²) in [5, 5.41) is 9.92. The molecule has 5 heteroatoms. The first-order chi connectivity index (χ1) is 17.1. The minimum atomic E-state index is -0.449. The van der Waals surface area contributed by atoms with Gasteiger partial charge in [0.1, 0.15) is 11.9 Å². The molecule has 0 saturated carbocycles. The summed E-state index contributed by atoms with van der Waals surface area (Å²) in [4.78, 5) is 8.54. The Labute approximate surface area is 209 Å². The highest BCUT2D eigenvalue weighted by Gasteiger charge is 2.34. The zero-order chi connectivity index (χ0) is 24.8. The molecule has 1 saturated heterocycles. The number of hydrogen-bond acceptors (Lipinski definition) is 5. The fourth-order valence-corrected chi connectivity index (χ4v) is 4.96. The van der Waals surface area contributed by atoms with E-state index in [2.05, 4.69) is 74.1 Å². The molecule has 0 amide bonds. The molecule has 1 aromatic rings. The van der Waals surface area contributed by atoms with Crippen molar-refractivity contribution in [3.63, 3.8) is 0 Å². The number of nitrogens with zero attached hydrogens (tertiary/aromatic N) is 1. The Kier molecular flexibility index (Phi) is 8.45. The Morgan fingerprint density at radius 2 is 2.03 bits per heavy atom. The largest absolute Gasteiger partial charge is 0.488 e. The highest BCUT2D eigenvalue weighted by atomic mass is 16.7. The van der Waals surface area contributed by atoms with Crippen LogP contribution in [0.25, 0.3) is 5.57 Å². The van der Waals surface area contributed by atoms with Crippen LogP contribution in [-0.4, -0.2) is 47.9 Å². The van der Waals surface area contributed by atoms with Crippen molar-refractivity contribution >= 4 is 5.57 Å². The van der Waals surface area contributed by atoms with E-state index >= 15 is 0 Å². The molecule has 0 spiro atoms. The maximum absolute atomic E-state index is 9.92. The van der Waals surface area contributed by atoms with Crippen molar-refractivity contribution in [1.82, 2.24) is 10.4 Å². The summed E-state index contributed by atoms with van der Waals surface area (Å²) in [6.07, 6.45) is 14.3. The monoisotopic (exact) mass is 474 g/mol. The summed E-state index contributed by atoms with van der Waals surface area (Å²) in [6, 6.07) is 8.20. The number of rotatable bonds is 10. The van der Waals surface area contributed by atoms with Crippen molar-refractivity contribution in [1.29, 1.82) is 0 Å². The number of ether oxygens (including phenoxy) is 1. The summed E-state index contributed by atoms with van der Waals surface area (Å²) < 4.78 is 6.20. The molecule has 2 heterocycles. The molecule has 0 aromatic heterocycles. The third-order valence-electron chi connectivity index (χ3n) is 6.79. The summed E-state index contributed by atoms with van der Waals surface area (Å²) in [5.74, 6) is 1.69. The quantitative estimate of drug-likeness (QED) is 0.439. The van der Waals surface area contributed by atoms with Crippen LogP contribution in [-0.2, 0) is 4.84 Å². The van der Waals surface area contributed by atoms with Crippen molar-refractivity contribution in [2.75, 3.05) is 19.6 Å². The van der Waals surface area contributed by atoms with Crippen molar-refractivity contribution in [3.05, 3.63) is 95.3 Å². The van der Waals surface area contributed by atoms with Gasteiger partial charge in [0, 0.05) is 24.2 Å². The number of benzene rings is 1. The van der Waals surface area contributed by atoms with Crippen LogP contribution < -0.4 is 10.2 Å². The predicted molar refractivity (Wildman–Crippen MR) is 143 cm³/mol. The van der Waals surface area contributed by atoms with Crippen LogP contribution in [0.3, 0.4) is 0 Å². The molecule has 1 fully saturated rings. The molecule has 5 nitrogen and oxygen atoms in total. The summed E-state index contributed by atoms with van der Waals surface area (Å²) in [5.41, 5.74) is 8.78. The van der Waals surface area contributed by atoms with Gasteiger partial charge in [-0.05, 0) is 61.6 Å². The molecule has 4 rings (SSSR count). The summed E-state index contributed by atoms with van der Waals surface area (Å²) >= 11 is 0. The van der Waals surface area contributed by atoms with Crippen LogP contribution in [0.1, 0.15) is 45.6 Å². The smallest absolute Gasteiger partial charge is 0.159 e. The lowest BCUT2D eigenvalue weighted by molar-refractivity contribution is 0.0202. The molecule has 1 aliphatic carbocycles. The highest BCUT2D eigenvalue weighted by molar-refractivity contribution is 5.80. The van der Waals surface area contributed by atoms with Gasteiger partial charge in [-0.2, -0.15) is 0 Å². The second kappa shape index (κ2) is 11.7. The van der Waals surface area contributed by atoms with Crippen LogP contribution in [0.15, 0.2) is 89.8 Å². The fraction of sp³-hybridized carbons (Fsp3) is 0.400. The van der Waals surface area contributed by atoms with Crippen molar-refractivity contribution in [2.24, 2.45) is 0 Å². The predicted octanol–water partition coefficient (Wildman–Crippen LogP) is 5.49. The van der Waals surface area contributed by atoms with Crippen LogP contribution >= 0.6 is 0 Å².